The second-order valence-electron chi connectivity index (χ2n) is 4.86. The minimum atomic E-state index is -0.828. The van der Waals surface area contributed by atoms with Crippen LogP contribution in [0.5, 0.6) is 0 Å². The average molecular weight is 347 g/mol. The number of benzene rings is 1. The molecule has 0 aliphatic heterocycles. The first-order valence-corrected chi connectivity index (χ1v) is 11.9. The number of hydrogen-bond donors (Lipinski definition) is 0. The van der Waals surface area contributed by atoms with Crippen molar-refractivity contribution < 1.29 is 0 Å². The fraction of sp³-hybridized carbons (Fsp3) is 0.625. The van der Waals surface area contributed by atoms with E-state index in [4.69, 9.17) is 0 Å². The Morgan fingerprint density at radius 1 is 0.882 bits per heavy atom. The van der Waals surface area contributed by atoms with E-state index in [9.17, 15) is 0 Å². The van der Waals surface area contributed by atoms with Crippen molar-refractivity contribution in [2.24, 2.45) is 0 Å². The van der Waals surface area contributed by atoms with Gasteiger partial charge in [0.25, 0.3) is 0 Å². The number of hydrogen-bond acceptors (Lipinski definition) is 0. The van der Waals surface area contributed by atoms with Gasteiger partial charge < -0.3 is 0 Å². The SMILES string of the molecule is CCCC[Te+](CCCC)Cc1ccc(C)cc1. The van der Waals surface area contributed by atoms with Crippen molar-refractivity contribution in [2.75, 3.05) is 0 Å². The second-order valence-corrected chi connectivity index (χ2v) is 11.5. The normalized spacial score (nSPS) is 11.1. The summed E-state index contributed by atoms with van der Waals surface area (Å²) in [5.74, 6) is 0. The molecule has 0 saturated carbocycles. The molecule has 0 aliphatic rings. The Morgan fingerprint density at radius 2 is 1.41 bits per heavy atom. The standard InChI is InChI=1S/C16H27Te/c1-4-6-12-17(13-7-5-2)14-16-10-8-15(3)9-11-16/h8-11H,4-7,12-14H2,1-3H3/q+1. The van der Waals surface area contributed by atoms with Crippen LogP contribution in [-0.4, -0.2) is 19.6 Å². The first kappa shape index (κ1) is 15.1. The molecule has 1 heteroatoms. The zero-order valence-corrected chi connectivity index (χ0v) is 14.0. The Balaban J connectivity index is 2.48. The molecule has 0 aromatic heterocycles. The van der Waals surface area contributed by atoms with Gasteiger partial charge in [-0.15, -0.1) is 0 Å². The molecule has 1 rings (SSSR count). The Morgan fingerprint density at radius 3 is 1.88 bits per heavy atom. The third-order valence-electron chi connectivity index (χ3n) is 3.06. The fourth-order valence-electron chi connectivity index (χ4n) is 1.86. The van der Waals surface area contributed by atoms with Crippen LogP contribution in [0.4, 0.5) is 0 Å². The summed E-state index contributed by atoms with van der Waals surface area (Å²) in [5, 5.41) is 0. The summed E-state index contributed by atoms with van der Waals surface area (Å²) >= 11 is -0.828. The number of rotatable bonds is 8. The topological polar surface area (TPSA) is 0 Å². The molecule has 17 heavy (non-hydrogen) atoms. The zero-order chi connectivity index (χ0) is 12.5. The maximum atomic E-state index is 2.35. The van der Waals surface area contributed by atoms with Gasteiger partial charge in [-0.3, -0.25) is 0 Å². The molecule has 0 spiro atoms. The van der Waals surface area contributed by atoms with Gasteiger partial charge in [0.15, 0.2) is 0 Å². The van der Waals surface area contributed by atoms with Gasteiger partial charge in [0, 0.05) is 0 Å². The van der Waals surface area contributed by atoms with Crippen molar-refractivity contribution in [3.63, 3.8) is 0 Å². The first-order chi connectivity index (χ1) is 8.26. The molecule has 0 radical (unpaired) electrons. The molecule has 0 aliphatic carbocycles. The molecule has 0 unspecified atom stereocenters. The Kier molecular flexibility index (Phi) is 7.98. The molecule has 1 aromatic carbocycles. The van der Waals surface area contributed by atoms with Crippen LogP contribution in [0.1, 0.15) is 50.7 Å². The van der Waals surface area contributed by atoms with E-state index >= 15 is 0 Å². The van der Waals surface area contributed by atoms with E-state index in [1.807, 2.05) is 0 Å². The molecule has 0 bridgehead atoms. The Bertz CT molecular complexity index is 281. The van der Waals surface area contributed by atoms with E-state index in [1.54, 1.807) is 14.5 Å². The van der Waals surface area contributed by atoms with E-state index in [0.29, 0.717) is 0 Å². The van der Waals surface area contributed by atoms with Crippen LogP contribution >= 0.6 is 0 Å². The van der Waals surface area contributed by atoms with Gasteiger partial charge >= 0.3 is 115 Å². The van der Waals surface area contributed by atoms with Gasteiger partial charge in [0.2, 0.25) is 0 Å². The predicted molar refractivity (Wildman–Crippen MR) is 80.1 cm³/mol. The van der Waals surface area contributed by atoms with Crippen LogP contribution < -0.4 is 0 Å². The summed E-state index contributed by atoms with van der Waals surface area (Å²) in [7, 11) is 0. The number of unbranched alkanes of at least 4 members (excludes halogenated alkanes) is 2. The van der Waals surface area contributed by atoms with Crippen LogP contribution in [-0.2, 0) is 4.47 Å². The van der Waals surface area contributed by atoms with Gasteiger partial charge in [-0.1, -0.05) is 0 Å². The molecule has 0 fully saturated rings. The van der Waals surface area contributed by atoms with Crippen LogP contribution in [0.2, 0.25) is 8.94 Å². The fourth-order valence-corrected chi connectivity index (χ4v) is 9.14. The number of aryl methyl sites for hydroxylation is 1. The quantitative estimate of drug-likeness (QED) is 0.569. The first-order valence-electron chi connectivity index (χ1n) is 6.96. The predicted octanol–water partition coefficient (Wildman–Crippen LogP) is 5.17. The zero-order valence-electron chi connectivity index (χ0n) is 11.7. The third kappa shape index (κ3) is 6.49. The maximum absolute atomic E-state index is 2.35. The molecular weight excluding hydrogens is 320 g/mol. The summed E-state index contributed by atoms with van der Waals surface area (Å²) in [5.41, 5.74) is 2.98. The van der Waals surface area contributed by atoms with Crippen LogP contribution in [0.3, 0.4) is 0 Å². The van der Waals surface area contributed by atoms with Gasteiger partial charge in [0.05, 0.1) is 0 Å². The van der Waals surface area contributed by atoms with Crippen molar-refractivity contribution in [3.8, 4) is 0 Å². The molecule has 0 atom stereocenters. The molecule has 0 N–H and O–H groups in total. The molecule has 0 saturated heterocycles. The summed E-state index contributed by atoms with van der Waals surface area (Å²) in [6.07, 6.45) is 5.67. The van der Waals surface area contributed by atoms with Crippen LogP contribution in [0.25, 0.3) is 0 Å². The summed E-state index contributed by atoms with van der Waals surface area (Å²) in [6.45, 7) is 6.82. The average Bonchev–Trinajstić information content (AvgIpc) is 2.35. The van der Waals surface area contributed by atoms with Crippen LogP contribution in [0, 0.1) is 6.92 Å². The van der Waals surface area contributed by atoms with Crippen LogP contribution in [0.15, 0.2) is 24.3 Å². The van der Waals surface area contributed by atoms with Gasteiger partial charge in [-0.25, -0.2) is 0 Å². The van der Waals surface area contributed by atoms with E-state index in [1.165, 1.54) is 35.7 Å². The van der Waals surface area contributed by atoms with E-state index in [2.05, 4.69) is 45.0 Å². The molecule has 0 heterocycles. The van der Waals surface area contributed by atoms with E-state index in [0.717, 1.165) is 0 Å². The molecule has 0 amide bonds. The van der Waals surface area contributed by atoms with Crippen molar-refractivity contribution in [3.05, 3.63) is 35.4 Å². The molecule has 96 valence electrons. The van der Waals surface area contributed by atoms with Gasteiger partial charge in [-0.05, 0) is 0 Å². The summed E-state index contributed by atoms with van der Waals surface area (Å²) in [4.78, 5) is 0. The Labute approximate surface area is 114 Å². The third-order valence-corrected chi connectivity index (χ3v) is 10.1. The van der Waals surface area contributed by atoms with Crippen molar-refractivity contribution in [2.45, 2.75) is 59.9 Å². The Hall–Kier alpha value is 0.00961. The van der Waals surface area contributed by atoms with Crippen molar-refractivity contribution >= 4 is 19.6 Å². The molecule has 0 nitrogen and oxygen atoms in total. The molecular formula is C16H27Te+. The summed E-state index contributed by atoms with van der Waals surface area (Å²) in [6, 6.07) is 9.24. The molecule has 1 aromatic rings. The minimum absolute atomic E-state index is 0.828. The second kappa shape index (κ2) is 9.01. The summed E-state index contributed by atoms with van der Waals surface area (Å²) < 4.78 is 4.60. The van der Waals surface area contributed by atoms with Gasteiger partial charge in [0.1, 0.15) is 0 Å². The van der Waals surface area contributed by atoms with Crippen molar-refractivity contribution in [1.29, 1.82) is 0 Å². The monoisotopic (exact) mass is 349 g/mol. The van der Waals surface area contributed by atoms with Gasteiger partial charge in [-0.2, -0.15) is 0 Å². The van der Waals surface area contributed by atoms with E-state index < -0.39 is 19.6 Å². The van der Waals surface area contributed by atoms with E-state index in [-0.39, 0.29) is 0 Å². The van der Waals surface area contributed by atoms with Crippen molar-refractivity contribution in [1.82, 2.24) is 0 Å².